The third-order valence-electron chi connectivity index (χ3n) is 4.37. The molecule has 4 aromatic rings. The van der Waals surface area contributed by atoms with E-state index in [1.165, 1.54) is 40.7 Å². The molecule has 0 fully saturated rings. The van der Waals surface area contributed by atoms with Crippen LogP contribution in [0.15, 0.2) is 53.6 Å². The lowest BCUT2D eigenvalue weighted by molar-refractivity contribution is -0.116. The van der Waals surface area contributed by atoms with Crippen LogP contribution in [0.2, 0.25) is 0 Å². The van der Waals surface area contributed by atoms with Crippen molar-refractivity contribution in [2.75, 3.05) is 12.4 Å². The summed E-state index contributed by atoms with van der Waals surface area (Å²) < 4.78 is 21.7. The van der Waals surface area contributed by atoms with Gasteiger partial charge in [0.05, 0.1) is 30.5 Å². The molecule has 0 spiro atoms. The number of pyridine rings is 1. The first-order valence-corrected chi connectivity index (χ1v) is 8.52. The fourth-order valence-electron chi connectivity index (χ4n) is 3.01. The molecule has 142 valence electrons. The molecule has 1 aromatic carbocycles. The molecule has 0 aliphatic carbocycles. The van der Waals surface area contributed by atoms with Gasteiger partial charge in [0, 0.05) is 13.0 Å². The molecule has 3 aromatic heterocycles. The highest BCUT2D eigenvalue weighted by Gasteiger charge is 2.13. The number of anilines is 1. The van der Waals surface area contributed by atoms with E-state index in [1.54, 1.807) is 24.3 Å². The van der Waals surface area contributed by atoms with Gasteiger partial charge in [-0.25, -0.2) is 13.9 Å². The Labute approximate surface area is 158 Å². The van der Waals surface area contributed by atoms with Crippen LogP contribution in [0, 0.1) is 5.82 Å². The van der Waals surface area contributed by atoms with E-state index in [1.807, 2.05) is 0 Å². The number of nitrogens with zero attached hydrogens (tertiary/aromatic N) is 4. The number of nitrogens with one attached hydrogen (secondary N) is 1. The van der Waals surface area contributed by atoms with Crippen LogP contribution in [0.1, 0.15) is 6.42 Å². The van der Waals surface area contributed by atoms with Crippen LogP contribution in [0.5, 0.6) is 5.75 Å². The van der Waals surface area contributed by atoms with E-state index in [-0.39, 0.29) is 24.4 Å². The van der Waals surface area contributed by atoms with E-state index in [0.717, 1.165) is 0 Å². The normalized spacial score (nSPS) is 11.1. The minimum Gasteiger partial charge on any atom is -0.495 e. The summed E-state index contributed by atoms with van der Waals surface area (Å²) in [6.45, 7) is 0.0858. The summed E-state index contributed by atoms with van der Waals surface area (Å²) >= 11 is 0. The molecule has 0 aliphatic heterocycles. The van der Waals surface area contributed by atoms with Gasteiger partial charge in [0.1, 0.15) is 22.9 Å². The summed E-state index contributed by atoms with van der Waals surface area (Å²) in [5.74, 6) is 0.161. The second kappa shape index (κ2) is 7.10. The summed E-state index contributed by atoms with van der Waals surface area (Å²) in [4.78, 5) is 29.1. The maximum Gasteiger partial charge on any atom is 0.277 e. The number of halogens is 1. The molecular weight excluding hydrogens is 365 g/mol. The van der Waals surface area contributed by atoms with E-state index in [4.69, 9.17) is 4.74 Å². The van der Waals surface area contributed by atoms with Crippen molar-refractivity contribution in [3.05, 3.63) is 65.0 Å². The Morgan fingerprint density at radius 2 is 2.04 bits per heavy atom. The highest BCUT2D eigenvalue weighted by atomic mass is 19.1. The van der Waals surface area contributed by atoms with Gasteiger partial charge in [-0.1, -0.05) is 0 Å². The zero-order chi connectivity index (χ0) is 19.7. The van der Waals surface area contributed by atoms with Crippen molar-refractivity contribution in [1.82, 2.24) is 19.2 Å². The smallest absolute Gasteiger partial charge is 0.277 e. The lowest BCUT2D eigenvalue weighted by atomic mass is 10.2. The number of hydrogen-bond donors (Lipinski definition) is 1. The summed E-state index contributed by atoms with van der Waals surface area (Å²) in [5.41, 5.74) is 0.970. The number of rotatable bonds is 5. The number of carbonyl (C=O) groups excluding carboxylic acids is 1. The summed E-state index contributed by atoms with van der Waals surface area (Å²) in [7, 11) is 1.53. The zero-order valence-corrected chi connectivity index (χ0v) is 14.9. The molecule has 0 saturated carbocycles. The van der Waals surface area contributed by atoms with E-state index >= 15 is 0 Å². The molecule has 0 atom stereocenters. The third-order valence-corrected chi connectivity index (χ3v) is 4.37. The second-order valence-corrected chi connectivity index (χ2v) is 6.10. The van der Waals surface area contributed by atoms with Gasteiger partial charge in [0.15, 0.2) is 0 Å². The van der Waals surface area contributed by atoms with Crippen molar-refractivity contribution in [3.63, 3.8) is 0 Å². The van der Waals surface area contributed by atoms with Crippen LogP contribution in [0.4, 0.5) is 10.2 Å². The van der Waals surface area contributed by atoms with Gasteiger partial charge in [-0.15, -0.1) is 0 Å². The highest BCUT2D eigenvalue weighted by Crippen LogP contribution is 2.16. The van der Waals surface area contributed by atoms with Crippen LogP contribution in [0.3, 0.4) is 0 Å². The van der Waals surface area contributed by atoms with Crippen LogP contribution in [-0.2, 0) is 11.3 Å². The van der Waals surface area contributed by atoms with E-state index in [2.05, 4.69) is 15.4 Å². The lowest BCUT2D eigenvalue weighted by Gasteiger charge is -2.12. The first kappa shape index (κ1) is 17.7. The SMILES string of the molecule is COc1ccc(NC(=O)CCn2c(=O)c3ccnn3c3ccc(F)cc32)nc1. The number of hydrogen-bond acceptors (Lipinski definition) is 5. The Bertz CT molecular complexity index is 1230. The largest absolute Gasteiger partial charge is 0.495 e. The molecule has 28 heavy (non-hydrogen) atoms. The minimum atomic E-state index is -0.473. The van der Waals surface area contributed by atoms with Gasteiger partial charge >= 0.3 is 0 Å². The number of ether oxygens (including phenoxy) is 1. The van der Waals surface area contributed by atoms with Gasteiger partial charge < -0.3 is 14.6 Å². The highest BCUT2D eigenvalue weighted by molar-refractivity contribution is 5.89. The predicted molar refractivity (Wildman–Crippen MR) is 101 cm³/mol. The molecule has 0 bridgehead atoms. The molecule has 3 heterocycles. The fraction of sp³-hybridized carbons (Fsp3) is 0.158. The van der Waals surface area contributed by atoms with E-state index in [0.29, 0.717) is 28.1 Å². The van der Waals surface area contributed by atoms with Gasteiger partial charge in [-0.2, -0.15) is 5.10 Å². The van der Waals surface area contributed by atoms with Gasteiger partial charge in [-0.3, -0.25) is 9.59 Å². The number of aromatic nitrogens is 4. The van der Waals surface area contributed by atoms with Crippen molar-refractivity contribution < 1.29 is 13.9 Å². The number of amides is 1. The van der Waals surface area contributed by atoms with E-state index < -0.39 is 5.82 Å². The number of methoxy groups -OCH3 is 1. The molecule has 9 heteroatoms. The molecular formula is C19H16FN5O3. The zero-order valence-electron chi connectivity index (χ0n) is 14.9. The molecule has 1 amide bonds. The summed E-state index contributed by atoms with van der Waals surface area (Å²) in [6.07, 6.45) is 3.01. The number of benzene rings is 1. The van der Waals surface area contributed by atoms with Crippen LogP contribution in [0.25, 0.3) is 16.6 Å². The van der Waals surface area contributed by atoms with Crippen LogP contribution < -0.4 is 15.6 Å². The number of aryl methyl sites for hydroxylation is 1. The van der Waals surface area contributed by atoms with Crippen LogP contribution >= 0.6 is 0 Å². The number of carbonyl (C=O) groups is 1. The maximum absolute atomic E-state index is 13.8. The average molecular weight is 381 g/mol. The van der Waals surface area contributed by atoms with E-state index in [9.17, 15) is 14.0 Å². The lowest BCUT2D eigenvalue weighted by Crippen LogP contribution is -2.25. The van der Waals surface area contributed by atoms with Crippen LogP contribution in [-0.4, -0.2) is 32.2 Å². The molecule has 0 unspecified atom stereocenters. The maximum atomic E-state index is 13.8. The quantitative estimate of drug-likeness (QED) is 0.572. The van der Waals surface area contributed by atoms with Gasteiger partial charge in [-0.05, 0) is 36.4 Å². The van der Waals surface area contributed by atoms with Crippen molar-refractivity contribution in [3.8, 4) is 5.75 Å². The number of fused-ring (bicyclic) bond motifs is 3. The van der Waals surface area contributed by atoms with Crippen molar-refractivity contribution in [2.24, 2.45) is 0 Å². The molecule has 1 N–H and O–H groups in total. The fourth-order valence-corrected chi connectivity index (χ4v) is 3.01. The Morgan fingerprint density at radius 1 is 1.18 bits per heavy atom. The van der Waals surface area contributed by atoms with Crippen molar-refractivity contribution in [1.29, 1.82) is 0 Å². The minimum absolute atomic E-state index is 0.0174. The Hall–Kier alpha value is -3.75. The third kappa shape index (κ3) is 3.18. The average Bonchev–Trinajstić information content (AvgIpc) is 3.18. The Morgan fingerprint density at radius 3 is 2.79 bits per heavy atom. The Kier molecular flexibility index (Phi) is 4.48. The summed E-state index contributed by atoms with van der Waals surface area (Å²) in [5, 5.41) is 6.79. The molecule has 0 aliphatic rings. The predicted octanol–water partition coefficient (Wildman–Crippen LogP) is 2.22. The van der Waals surface area contributed by atoms with Gasteiger partial charge in [0.2, 0.25) is 5.91 Å². The summed E-state index contributed by atoms with van der Waals surface area (Å²) in [6, 6.07) is 9.01. The second-order valence-electron chi connectivity index (χ2n) is 6.10. The molecule has 8 nitrogen and oxygen atoms in total. The monoisotopic (exact) mass is 381 g/mol. The van der Waals surface area contributed by atoms with Crippen molar-refractivity contribution in [2.45, 2.75) is 13.0 Å². The standard InChI is InChI=1S/C19H16FN5O3/c1-28-13-3-5-17(21-11-13)23-18(26)7-9-24-16-10-12(20)2-4-14(16)25-15(19(24)27)6-8-22-25/h2-6,8,10-11H,7,9H2,1H3,(H,21,23,26). The molecule has 0 saturated heterocycles. The molecule has 4 rings (SSSR count). The molecule has 0 radical (unpaired) electrons. The Balaban J connectivity index is 1.61. The van der Waals surface area contributed by atoms with Gasteiger partial charge in [0.25, 0.3) is 5.56 Å². The first-order chi connectivity index (χ1) is 13.6. The topological polar surface area (TPSA) is 90.5 Å². The van der Waals surface area contributed by atoms with Crippen molar-refractivity contribution >= 4 is 28.3 Å². The first-order valence-electron chi connectivity index (χ1n) is 8.52.